The van der Waals surface area contributed by atoms with Crippen molar-refractivity contribution >= 4 is 6.03 Å². The van der Waals surface area contributed by atoms with Crippen molar-refractivity contribution in [3.63, 3.8) is 0 Å². The lowest BCUT2D eigenvalue weighted by Crippen LogP contribution is -2.36. The molecule has 3 N–H and O–H groups in total. The summed E-state index contributed by atoms with van der Waals surface area (Å²) in [5, 5.41) is 9.92. The van der Waals surface area contributed by atoms with Gasteiger partial charge < -0.3 is 15.2 Å². The maximum absolute atomic E-state index is 10.8. The van der Waals surface area contributed by atoms with Crippen molar-refractivity contribution in [3.05, 3.63) is 23.8 Å². The lowest BCUT2D eigenvalue weighted by atomic mass is 10.1. The number of nitrogens with two attached hydrogens (primary N) is 1. The Balaban J connectivity index is 2.30. The Hall–Kier alpha value is -1.95. The maximum atomic E-state index is 10.8. The van der Waals surface area contributed by atoms with Crippen molar-refractivity contribution in [3.8, 4) is 11.5 Å². The van der Waals surface area contributed by atoms with E-state index in [1.165, 1.54) is 0 Å². The van der Waals surface area contributed by atoms with Gasteiger partial charge >= 0.3 is 6.03 Å². The number of urea groups is 1. The van der Waals surface area contributed by atoms with Gasteiger partial charge in [0.05, 0.1) is 7.11 Å². The minimum absolute atomic E-state index is 0.182. The van der Waals surface area contributed by atoms with Crippen LogP contribution in [-0.4, -0.2) is 30.0 Å². The van der Waals surface area contributed by atoms with Crippen LogP contribution in [0.5, 0.6) is 11.5 Å². The van der Waals surface area contributed by atoms with Crippen LogP contribution >= 0.6 is 0 Å². The van der Waals surface area contributed by atoms with Crippen LogP contribution in [0.4, 0.5) is 4.79 Å². The summed E-state index contributed by atoms with van der Waals surface area (Å²) in [6.45, 7) is 0.182. The van der Waals surface area contributed by atoms with Crippen LogP contribution in [0.2, 0.25) is 0 Å². The van der Waals surface area contributed by atoms with Crippen molar-refractivity contribution < 1.29 is 19.5 Å². The van der Waals surface area contributed by atoms with Gasteiger partial charge in [-0.15, -0.1) is 0 Å². The van der Waals surface area contributed by atoms with Gasteiger partial charge in [0.15, 0.2) is 0 Å². The highest BCUT2D eigenvalue weighted by Crippen LogP contribution is 2.37. The number of nitrogens with zero attached hydrogens (tertiary/aromatic N) is 1. The van der Waals surface area contributed by atoms with Gasteiger partial charge in [0.1, 0.15) is 24.1 Å². The van der Waals surface area contributed by atoms with E-state index in [9.17, 15) is 10.0 Å². The average Bonchev–Trinajstić information content (AvgIpc) is 2.70. The van der Waals surface area contributed by atoms with Crippen molar-refractivity contribution in [2.75, 3.05) is 13.7 Å². The van der Waals surface area contributed by atoms with E-state index in [2.05, 4.69) is 0 Å². The average molecular weight is 224 g/mol. The number of hydroxylamine groups is 2. The fraction of sp³-hybridized carbons (Fsp3) is 0.300. The standard InChI is InChI=1S/C10H12N2O4/c1-15-6-2-3-7-8(12(14)10(11)13)5-16-9(7)4-6/h2-4,8,14H,5H2,1H3,(H2,11,13). The summed E-state index contributed by atoms with van der Waals surface area (Å²) in [6, 6.07) is 3.70. The molecule has 2 amide bonds. The molecule has 0 bridgehead atoms. The van der Waals surface area contributed by atoms with Crippen LogP contribution in [0.1, 0.15) is 11.6 Å². The van der Waals surface area contributed by atoms with Crippen LogP contribution in [0.3, 0.4) is 0 Å². The summed E-state index contributed by atoms with van der Waals surface area (Å²) in [5.41, 5.74) is 5.70. The number of benzene rings is 1. The van der Waals surface area contributed by atoms with Gasteiger partial charge in [-0.05, 0) is 12.1 Å². The van der Waals surface area contributed by atoms with Crippen LogP contribution in [0.15, 0.2) is 18.2 Å². The van der Waals surface area contributed by atoms with E-state index in [1.54, 1.807) is 25.3 Å². The number of carbonyl (C=O) groups is 1. The number of hydrogen-bond acceptors (Lipinski definition) is 4. The summed E-state index contributed by atoms with van der Waals surface area (Å²) >= 11 is 0. The number of hydrogen-bond donors (Lipinski definition) is 2. The van der Waals surface area contributed by atoms with E-state index in [1.807, 2.05) is 0 Å². The number of methoxy groups -OCH3 is 1. The van der Waals surface area contributed by atoms with Crippen LogP contribution < -0.4 is 15.2 Å². The first-order valence-corrected chi connectivity index (χ1v) is 4.71. The summed E-state index contributed by atoms with van der Waals surface area (Å²) < 4.78 is 10.4. The molecule has 1 unspecified atom stereocenters. The SMILES string of the molecule is COc1ccc2c(c1)OCC2N(O)C(N)=O. The molecule has 1 aliphatic rings. The van der Waals surface area contributed by atoms with E-state index in [4.69, 9.17) is 15.2 Å². The van der Waals surface area contributed by atoms with E-state index in [-0.39, 0.29) is 6.61 Å². The first-order chi connectivity index (χ1) is 7.63. The van der Waals surface area contributed by atoms with Crippen molar-refractivity contribution in [2.24, 2.45) is 5.73 Å². The Morgan fingerprint density at radius 2 is 2.44 bits per heavy atom. The molecule has 0 radical (unpaired) electrons. The number of fused-ring (bicyclic) bond motifs is 1. The predicted molar refractivity (Wildman–Crippen MR) is 54.4 cm³/mol. The Labute approximate surface area is 92.1 Å². The van der Waals surface area contributed by atoms with E-state index in [0.29, 0.717) is 22.1 Å². The molecule has 16 heavy (non-hydrogen) atoms. The lowest BCUT2D eigenvalue weighted by Gasteiger charge is -2.18. The third kappa shape index (κ3) is 1.63. The molecule has 6 nitrogen and oxygen atoms in total. The number of ether oxygens (including phenoxy) is 2. The molecule has 1 atom stereocenters. The Morgan fingerprint density at radius 3 is 3.06 bits per heavy atom. The van der Waals surface area contributed by atoms with Gasteiger partial charge in [0.25, 0.3) is 0 Å². The summed E-state index contributed by atoms with van der Waals surface area (Å²) in [6.07, 6.45) is 0. The first kappa shape index (κ1) is 10.6. The Kier molecular flexibility index (Phi) is 2.57. The zero-order valence-corrected chi connectivity index (χ0v) is 8.71. The molecule has 0 aromatic heterocycles. The molecular weight excluding hydrogens is 212 g/mol. The third-order valence-corrected chi connectivity index (χ3v) is 2.50. The smallest absolute Gasteiger partial charge is 0.339 e. The zero-order chi connectivity index (χ0) is 11.7. The molecular formula is C10H12N2O4. The topological polar surface area (TPSA) is 85.0 Å². The van der Waals surface area contributed by atoms with Gasteiger partial charge in [-0.3, -0.25) is 5.21 Å². The van der Waals surface area contributed by atoms with Crippen molar-refractivity contribution in [2.45, 2.75) is 6.04 Å². The molecule has 2 rings (SSSR count). The summed E-state index contributed by atoms with van der Waals surface area (Å²) in [4.78, 5) is 10.8. The number of amides is 2. The summed E-state index contributed by atoms with van der Waals surface area (Å²) in [5.74, 6) is 1.24. The highest BCUT2D eigenvalue weighted by molar-refractivity contribution is 5.71. The molecule has 1 aromatic carbocycles. The molecule has 1 aromatic rings. The van der Waals surface area contributed by atoms with Crippen LogP contribution in [-0.2, 0) is 0 Å². The maximum Gasteiger partial charge on any atom is 0.339 e. The number of primary amides is 1. The van der Waals surface area contributed by atoms with Gasteiger partial charge in [-0.25, -0.2) is 4.79 Å². The highest BCUT2D eigenvalue weighted by Gasteiger charge is 2.31. The van der Waals surface area contributed by atoms with Gasteiger partial charge in [0.2, 0.25) is 0 Å². The molecule has 0 spiro atoms. The minimum Gasteiger partial charge on any atom is -0.497 e. The fourth-order valence-electron chi connectivity index (χ4n) is 1.66. The second kappa shape index (κ2) is 3.90. The van der Waals surface area contributed by atoms with Crippen molar-refractivity contribution in [1.82, 2.24) is 5.06 Å². The molecule has 0 saturated carbocycles. The van der Waals surface area contributed by atoms with Gasteiger partial charge in [-0.2, -0.15) is 5.06 Å². The van der Waals surface area contributed by atoms with Crippen molar-refractivity contribution in [1.29, 1.82) is 0 Å². The molecule has 0 fully saturated rings. The first-order valence-electron chi connectivity index (χ1n) is 4.71. The molecule has 1 aliphatic heterocycles. The Bertz CT molecular complexity index is 421. The lowest BCUT2D eigenvalue weighted by molar-refractivity contribution is -0.0798. The highest BCUT2D eigenvalue weighted by atomic mass is 16.5. The molecule has 86 valence electrons. The predicted octanol–water partition coefficient (Wildman–Crippen LogP) is 0.899. The fourth-order valence-corrected chi connectivity index (χ4v) is 1.66. The molecule has 1 heterocycles. The third-order valence-electron chi connectivity index (χ3n) is 2.50. The van der Waals surface area contributed by atoms with Gasteiger partial charge in [-0.1, -0.05) is 0 Å². The second-order valence-electron chi connectivity index (χ2n) is 3.41. The van der Waals surface area contributed by atoms with E-state index < -0.39 is 12.1 Å². The quantitative estimate of drug-likeness (QED) is 0.577. The summed E-state index contributed by atoms with van der Waals surface area (Å²) in [7, 11) is 1.55. The monoisotopic (exact) mass is 224 g/mol. The Morgan fingerprint density at radius 1 is 1.69 bits per heavy atom. The normalized spacial score (nSPS) is 17.5. The minimum atomic E-state index is -0.905. The molecule has 6 heteroatoms. The molecule has 0 saturated heterocycles. The largest absolute Gasteiger partial charge is 0.497 e. The van der Waals surface area contributed by atoms with Gasteiger partial charge in [0, 0.05) is 11.6 Å². The second-order valence-corrected chi connectivity index (χ2v) is 3.41. The van der Waals surface area contributed by atoms with Crippen LogP contribution in [0.25, 0.3) is 0 Å². The van der Waals surface area contributed by atoms with E-state index in [0.717, 1.165) is 0 Å². The van der Waals surface area contributed by atoms with Crippen LogP contribution in [0, 0.1) is 0 Å². The number of rotatable bonds is 2. The van der Waals surface area contributed by atoms with E-state index >= 15 is 0 Å². The number of carbonyl (C=O) groups excluding carboxylic acids is 1. The zero-order valence-electron chi connectivity index (χ0n) is 8.71. The molecule has 0 aliphatic carbocycles.